The van der Waals surface area contributed by atoms with E-state index in [0.717, 1.165) is 12.8 Å². The minimum atomic E-state index is -0.314. The van der Waals surface area contributed by atoms with Crippen LogP contribution in [-0.4, -0.2) is 22.4 Å². The van der Waals surface area contributed by atoms with Gasteiger partial charge in [-0.15, -0.1) is 11.3 Å². The summed E-state index contributed by atoms with van der Waals surface area (Å²) in [6.45, 7) is 8.38. The van der Waals surface area contributed by atoms with Crippen molar-refractivity contribution in [1.29, 1.82) is 0 Å². The largest absolute Gasteiger partial charge is 0.392 e. The number of aliphatic hydroxyl groups excluding tert-OH is 1. The van der Waals surface area contributed by atoms with Crippen LogP contribution in [0.25, 0.3) is 0 Å². The molecule has 2 atom stereocenters. The Morgan fingerprint density at radius 3 is 2.65 bits per heavy atom. The predicted octanol–water partition coefficient (Wildman–Crippen LogP) is 3.25. The van der Waals surface area contributed by atoms with Gasteiger partial charge in [0.05, 0.1) is 17.3 Å². The Morgan fingerprint density at radius 2 is 2.18 bits per heavy atom. The van der Waals surface area contributed by atoms with Gasteiger partial charge in [0.2, 0.25) is 0 Å². The quantitative estimate of drug-likeness (QED) is 0.897. The van der Waals surface area contributed by atoms with Crippen molar-refractivity contribution in [3.8, 4) is 0 Å². The molecule has 0 spiro atoms. The molecule has 2 nitrogen and oxygen atoms in total. The van der Waals surface area contributed by atoms with Crippen LogP contribution in [0.15, 0.2) is 17.5 Å². The lowest BCUT2D eigenvalue weighted by molar-refractivity contribution is -0.0872. The predicted molar refractivity (Wildman–Crippen MR) is 71.4 cm³/mol. The highest BCUT2D eigenvalue weighted by atomic mass is 32.1. The van der Waals surface area contributed by atoms with Gasteiger partial charge in [-0.2, -0.15) is 0 Å². The molecule has 0 saturated carbocycles. The highest BCUT2D eigenvalue weighted by Gasteiger charge is 2.48. The maximum Gasteiger partial charge on any atom is 0.0687 e. The fourth-order valence-electron chi connectivity index (χ4n) is 2.98. The highest BCUT2D eigenvalue weighted by Crippen LogP contribution is 2.44. The molecule has 17 heavy (non-hydrogen) atoms. The van der Waals surface area contributed by atoms with Crippen molar-refractivity contribution < 1.29 is 9.84 Å². The molecule has 1 N–H and O–H groups in total. The molecule has 1 aromatic rings. The van der Waals surface area contributed by atoms with Crippen LogP contribution < -0.4 is 0 Å². The number of aliphatic hydroxyl groups is 1. The zero-order valence-corrected chi connectivity index (χ0v) is 11.9. The van der Waals surface area contributed by atoms with Gasteiger partial charge in [0.1, 0.15) is 0 Å². The molecule has 0 bridgehead atoms. The first-order valence-corrected chi connectivity index (χ1v) is 7.09. The van der Waals surface area contributed by atoms with E-state index in [1.807, 2.05) is 6.07 Å². The van der Waals surface area contributed by atoms with Crippen LogP contribution >= 0.6 is 11.3 Å². The van der Waals surface area contributed by atoms with E-state index in [2.05, 4.69) is 39.1 Å². The minimum Gasteiger partial charge on any atom is -0.392 e. The highest BCUT2D eigenvalue weighted by molar-refractivity contribution is 7.09. The topological polar surface area (TPSA) is 29.5 Å². The molecule has 2 heterocycles. The van der Waals surface area contributed by atoms with E-state index in [9.17, 15) is 5.11 Å². The molecule has 0 aromatic carbocycles. The van der Waals surface area contributed by atoms with E-state index in [4.69, 9.17) is 4.74 Å². The van der Waals surface area contributed by atoms with Gasteiger partial charge in [-0.3, -0.25) is 0 Å². The number of hydrogen-bond acceptors (Lipinski definition) is 3. The lowest BCUT2D eigenvalue weighted by atomic mass is 9.82. The van der Waals surface area contributed by atoms with E-state index in [1.54, 1.807) is 11.3 Å². The van der Waals surface area contributed by atoms with Crippen LogP contribution in [0.4, 0.5) is 0 Å². The average molecular weight is 254 g/mol. The van der Waals surface area contributed by atoms with Gasteiger partial charge >= 0.3 is 0 Å². The van der Waals surface area contributed by atoms with Crippen molar-refractivity contribution in [3.05, 3.63) is 22.4 Å². The summed E-state index contributed by atoms with van der Waals surface area (Å²) in [6.07, 6.45) is 1.35. The monoisotopic (exact) mass is 254 g/mol. The molecule has 1 saturated heterocycles. The summed E-state index contributed by atoms with van der Waals surface area (Å²) in [6, 6.07) is 4.12. The van der Waals surface area contributed by atoms with Gasteiger partial charge in [0.15, 0.2) is 0 Å². The van der Waals surface area contributed by atoms with E-state index in [1.165, 1.54) is 4.88 Å². The number of thiophene rings is 1. The zero-order valence-electron chi connectivity index (χ0n) is 11.1. The Hall–Kier alpha value is -0.380. The zero-order chi connectivity index (χ0) is 12.7. The second kappa shape index (κ2) is 4.38. The molecule has 1 aromatic heterocycles. The van der Waals surface area contributed by atoms with Crippen molar-refractivity contribution in [2.24, 2.45) is 5.92 Å². The summed E-state index contributed by atoms with van der Waals surface area (Å²) < 4.78 is 6.03. The summed E-state index contributed by atoms with van der Waals surface area (Å²) >= 11 is 1.71. The molecule has 2 unspecified atom stereocenters. The fourth-order valence-corrected chi connectivity index (χ4v) is 3.74. The molecule has 0 amide bonds. The molecule has 0 radical (unpaired) electrons. The first-order valence-electron chi connectivity index (χ1n) is 6.21. The summed E-state index contributed by atoms with van der Waals surface area (Å²) in [5.74, 6) is 0.208. The van der Waals surface area contributed by atoms with E-state index in [-0.39, 0.29) is 23.2 Å². The fraction of sp³-hybridized carbons (Fsp3) is 0.714. The number of rotatable bonds is 3. The van der Waals surface area contributed by atoms with Crippen molar-refractivity contribution in [3.63, 3.8) is 0 Å². The first kappa shape index (κ1) is 13.1. The summed E-state index contributed by atoms with van der Waals surface area (Å²) in [5, 5.41) is 12.5. The molecule has 1 fully saturated rings. The van der Waals surface area contributed by atoms with Gasteiger partial charge < -0.3 is 9.84 Å². The van der Waals surface area contributed by atoms with Crippen molar-refractivity contribution >= 4 is 11.3 Å². The van der Waals surface area contributed by atoms with Gasteiger partial charge in [0.25, 0.3) is 0 Å². The van der Waals surface area contributed by atoms with Crippen molar-refractivity contribution in [2.45, 2.75) is 57.8 Å². The SMILES string of the molecule is CC1(C)CC(C(O)Cc2cccs2)C(C)(C)O1. The van der Waals surface area contributed by atoms with Crippen LogP contribution in [-0.2, 0) is 11.2 Å². The summed E-state index contributed by atoms with van der Waals surface area (Å²) in [4.78, 5) is 1.25. The van der Waals surface area contributed by atoms with E-state index in [0.29, 0.717) is 0 Å². The third-order valence-electron chi connectivity index (χ3n) is 3.60. The van der Waals surface area contributed by atoms with Crippen LogP contribution in [0.3, 0.4) is 0 Å². The normalized spacial score (nSPS) is 28.2. The molecule has 1 aliphatic heterocycles. The molecule has 96 valence electrons. The minimum absolute atomic E-state index is 0.120. The third-order valence-corrected chi connectivity index (χ3v) is 4.50. The Labute approximate surface area is 108 Å². The number of hydrogen-bond donors (Lipinski definition) is 1. The van der Waals surface area contributed by atoms with E-state index < -0.39 is 0 Å². The Bertz CT molecular complexity index is 368. The van der Waals surface area contributed by atoms with Crippen LogP contribution in [0.5, 0.6) is 0 Å². The molecule has 2 rings (SSSR count). The maximum absolute atomic E-state index is 10.4. The molecule has 1 aliphatic rings. The molecular formula is C14H22O2S. The van der Waals surface area contributed by atoms with Gasteiger partial charge in [-0.1, -0.05) is 6.07 Å². The first-order chi connectivity index (χ1) is 7.80. The molecular weight excluding hydrogens is 232 g/mol. The van der Waals surface area contributed by atoms with Crippen LogP contribution in [0.2, 0.25) is 0 Å². The average Bonchev–Trinajstić information content (AvgIpc) is 2.71. The lowest BCUT2D eigenvalue weighted by Crippen LogP contribution is -2.37. The van der Waals surface area contributed by atoms with Crippen molar-refractivity contribution in [1.82, 2.24) is 0 Å². The standard InChI is InChI=1S/C14H22O2S/c1-13(2)9-11(14(3,4)16-13)12(15)8-10-6-5-7-17-10/h5-7,11-12,15H,8-9H2,1-4H3. The lowest BCUT2D eigenvalue weighted by Gasteiger charge is -2.30. The Balaban J connectivity index is 2.07. The van der Waals surface area contributed by atoms with Gasteiger partial charge in [-0.05, 0) is 45.6 Å². The second-order valence-electron chi connectivity index (χ2n) is 6.13. The second-order valence-corrected chi connectivity index (χ2v) is 7.16. The maximum atomic E-state index is 10.4. The van der Waals surface area contributed by atoms with Crippen LogP contribution in [0.1, 0.15) is 39.0 Å². The van der Waals surface area contributed by atoms with Crippen molar-refractivity contribution in [2.75, 3.05) is 0 Å². The molecule has 0 aliphatic carbocycles. The molecule has 3 heteroatoms. The third kappa shape index (κ3) is 2.90. The smallest absolute Gasteiger partial charge is 0.0687 e. The Kier molecular flexibility index (Phi) is 3.36. The van der Waals surface area contributed by atoms with Gasteiger partial charge in [-0.25, -0.2) is 0 Å². The van der Waals surface area contributed by atoms with Crippen LogP contribution in [0, 0.1) is 5.92 Å². The Morgan fingerprint density at radius 1 is 1.47 bits per heavy atom. The van der Waals surface area contributed by atoms with E-state index >= 15 is 0 Å². The summed E-state index contributed by atoms with van der Waals surface area (Å²) in [7, 11) is 0. The van der Waals surface area contributed by atoms with Gasteiger partial charge in [0, 0.05) is 17.2 Å². The number of ether oxygens (including phenoxy) is 1. The summed E-state index contributed by atoms with van der Waals surface area (Å²) in [5.41, 5.74) is -0.356.